The van der Waals surface area contributed by atoms with Crippen molar-refractivity contribution in [3.05, 3.63) is 212 Å². The summed E-state index contributed by atoms with van der Waals surface area (Å²) in [5.74, 6) is 1.46. The molecule has 0 spiro atoms. The molecule has 0 fully saturated rings. The molecular formula is C58H34N6O. The summed E-state index contributed by atoms with van der Waals surface area (Å²) in [4.78, 5) is 15.2. The van der Waals surface area contributed by atoms with Gasteiger partial charge in [-0.3, -0.25) is 0 Å². The van der Waals surface area contributed by atoms with E-state index in [1.807, 2.05) is 84.9 Å². The van der Waals surface area contributed by atoms with Crippen LogP contribution < -0.4 is 0 Å². The predicted molar refractivity (Wildman–Crippen MR) is 262 cm³/mol. The van der Waals surface area contributed by atoms with Crippen LogP contribution in [0.25, 0.3) is 122 Å². The summed E-state index contributed by atoms with van der Waals surface area (Å²) >= 11 is 0. The normalized spacial score (nSPS) is 11.7. The van der Waals surface area contributed by atoms with Crippen LogP contribution in [0, 0.1) is 11.3 Å². The molecule has 0 unspecified atom stereocenters. The van der Waals surface area contributed by atoms with Gasteiger partial charge in [-0.15, -0.1) is 0 Å². The number of benzene rings is 9. The Morgan fingerprint density at radius 1 is 0.415 bits per heavy atom. The molecule has 13 rings (SSSR count). The molecule has 0 aliphatic carbocycles. The van der Waals surface area contributed by atoms with Gasteiger partial charge in [0.15, 0.2) is 17.5 Å². The van der Waals surface area contributed by atoms with Gasteiger partial charge in [0.1, 0.15) is 17.2 Å². The average Bonchev–Trinajstić information content (AvgIpc) is 4.05. The van der Waals surface area contributed by atoms with Crippen LogP contribution in [0.1, 0.15) is 5.56 Å². The summed E-state index contributed by atoms with van der Waals surface area (Å²) in [6.45, 7) is 0. The second kappa shape index (κ2) is 14.5. The highest BCUT2D eigenvalue weighted by atomic mass is 16.3. The van der Waals surface area contributed by atoms with Crippen molar-refractivity contribution in [3.8, 4) is 62.7 Å². The SMILES string of the molecule is N#Cc1cc(-c2nc(-c3ccccc3)nc(-c3ccccc3)n2)c2oc3ccccc3c2c1-n1c2ccccc2c2cc(-c3ccccc3)c3c(c4ccccc4n3-c3ccccc3)c21. The summed E-state index contributed by atoms with van der Waals surface area (Å²) in [7, 11) is 0. The van der Waals surface area contributed by atoms with E-state index in [9.17, 15) is 5.26 Å². The highest BCUT2D eigenvalue weighted by Gasteiger charge is 2.29. The van der Waals surface area contributed by atoms with Gasteiger partial charge in [-0.2, -0.15) is 5.26 Å². The van der Waals surface area contributed by atoms with Gasteiger partial charge in [0.05, 0.1) is 44.3 Å². The van der Waals surface area contributed by atoms with Crippen molar-refractivity contribution in [2.45, 2.75) is 0 Å². The third-order valence-corrected chi connectivity index (χ3v) is 12.6. The molecule has 0 saturated carbocycles. The zero-order valence-corrected chi connectivity index (χ0v) is 34.7. The van der Waals surface area contributed by atoms with Crippen molar-refractivity contribution in [1.82, 2.24) is 24.1 Å². The van der Waals surface area contributed by atoms with E-state index >= 15 is 0 Å². The van der Waals surface area contributed by atoms with Crippen LogP contribution in [0.2, 0.25) is 0 Å². The summed E-state index contributed by atoms with van der Waals surface area (Å²) in [6.07, 6.45) is 0. The first-order valence-corrected chi connectivity index (χ1v) is 21.6. The first-order chi connectivity index (χ1) is 32.2. The van der Waals surface area contributed by atoms with E-state index in [1.165, 1.54) is 0 Å². The van der Waals surface area contributed by atoms with Gasteiger partial charge >= 0.3 is 0 Å². The fourth-order valence-electron chi connectivity index (χ4n) is 9.82. The molecule has 7 nitrogen and oxygen atoms in total. The van der Waals surface area contributed by atoms with Crippen molar-refractivity contribution in [2.75, 3.05) is 0 Å². The molecule has 7 heteroatoms. The third-order valence-electron chi connectivity index (χ3n) is 12.6. The summed E-state index contributed by atoms with van der Waals surface area (Å²) in [5, 5.41) is 17.6. The average molecular weight is 831 g/mol. The van der Waals surface area contributed by atoms with Crippen LogP contribution in [0.4, 0.5) is 0 Å². The maximum Gasteiger partial charge on any atom is 0.167 e. The Balaban J connectivity index is 1.21. The molecule has 0 N–H and O–H groups in total. The summed E-state index contributed by atoms with van der Waals surface area (Å²) in [5.41, 5.74) is 12.2. The lowest BCUT2D eigenvalue weighted by molar-refractivity contribution is 0.669. The van der Waals surface area contributed by atoms with E-state index in [4.69, 9.17) is 19.4 Å². The maximum absolute atomic E-state index is 11.5. The molecule has 0 saturated heterocycles. The van der Waals surface area contributed by atoms with E-state index in [0.29, 0.717) is 39.8 Å². The fourth-order valence-corrected chi connectivity index (χ4v) is 9.82. The highest BCUT2D eigenvalue weighted by Crippen LogP contribution is 2.49. The van der Waals surface area contributed by atoms with Crippen LogP contribution in [0.5, 0.6) is 0 Å². The molecule has 0 aliphatic rings. The Kier molecular flexibility index (Phi) is 8.14. The Morgan fingerprint density at radius 2 is 0.938 bits per heavy atom. The lowest BCUT2D eigenvalue weighted by atomic mass is 9.97. The van der Waals surface area contributed by atoms with Gasteiger partial charge in [0.25, 0.3) is 0 Å². The number of para-hydroxylation sites is 4. The van der Waals surface area contributed by atoms with Crippen molar-refractivity contribution < 1.29 is 4.42 Å². The second-order valence-electron chi connectivity index (χ2n) is 16.2. The Labute approximate surface area is 372 Å². The van der Waals surface area contributed by atoms with E-state index < -0.39 is 0 Å². The smallest absolute Gasteiger partial charge is 0.167 e. The molecule has 0 aliphatic heterocycles. The third kappa shape index (κ3) is 5.58. The summed E-state index contributed by atoms with van der Waals surface area (Å²) in [6, 6.07) is 73.2. The van der Waals surface area contributed by atoms with Crippen LogP contribution >= 0.6 is 0 Å². The molecule has 0 radical (unpaired) electrons. The van der Waals surface area contributed by atoms with Crippen LogP contribution in [-0.4, -0.2) is 24.1 Å². The number of hydrogen-bond donors (Lipinski definition) is 0. The number of hydrogen-bond acceptors (Lipinski definition) is 5. The highest BCUT2D eigenvalue weighted by molar-refractivity contribution is 6.30. The van der Waals surface area contributed by atoms with E-state index in [-0.39, 0.29) is 0 Å². The van der Waals surface area contributed by atoms with Gasteiger partial charge in [-0.1, -0.05) is 164 Å². The van der Waals surface area contributed by atoms with E-state index in [2.05, 4.69) is 137 Å². The number of furan rings is 1. The van der Waals surface area contributed by atoms with Gasteiger partial charge in [0, 0.05) is 49.3 Å². The summed E-state index contributed by atoms with van der Waals surface area (Å²) < 4.78 is 11.7. The Hall–Kier alpha value is -9.12. The van der Waals surface area contributed by atoms with Crippen LogP contribution in [-0.2, 0) is 0 Å². The second-order valence-corrected chi connectivity index (χ2v) is 16.2. The molecular weight excluding hydrogens is 797 g/mol. The zero-order chi connectivity index (χ0) is 43.0. The minimum Gasteiger partial charge on any atom is -0.455 e. The predicted octanol–water partition coefficient (Wildman–Crippen LogP) is 14.5. The van der Waals surface area contributed by atoms with Gasteiger partial charge in [-0.05, 0) is 48.0 Å². The quantitative estimate of drug-likeness (QED) is 0.167. The van der Waals surface area contributed by atoms with E-state index in [0.717, 1.165) is 88.0 Å². The van der Waals surface area contributed by atoms with Crippen LogP contribution in [0.3, 0.4) is 0 Å². The first-order valence-electron chi connectivity index (χ1n) is 21.6. The minimum atomic E-state index is 0.410. The van der Waals surface area contributed by atoms with Gasteiger partial charge in [0.2, 0.25) is 0 Å². The number of rotatable bonds is 6. The molecule has 0 atom stereocenters. The first kappa shape index (κ1) is 36.5. The van der Waals surface area contributed by atoms with Gasteiger partial charge in [-0.25, -0.2) is 15.0 Å². The fraction of sp³-hybridized carbons (Fsp3) is 0. The van der Waals surface area contributed by atoms with Crippen molar-refractivity contribution in [1.29, 1.82) is 5.26 Å². The number of nitriles is 1. The monoisotopic (exact) mass is 830 g/mol. The van der Waals surface area contributed by atoms with Crippen molar-refractivity contribution >= 4 is 65.6 Å². The molecule has 9 aromatic carbocycles. The number of fused-ring (bicyclic) bond motifs is 10. The minimum absolute atomic E-state index is 0.410. The number of aromatic nitrogens is 5. The lowest BCUT2D eigenvalue weighted by Gasteiger charge is -2.16. The molecule has 65 heavy (non-hydrogen) atoms. The molecule has 13 aromatic rings. The van der Waals surface area contributed by atoms with Crippen LogP contribution in [0.15, 0.2) is 211 Å². The molecule has 0 bridgehead atoms. The lowest BCUT2D eigenvalue weighted by Crippen LogP contribution is -2.03. The number of nitrogens with zero attached hydrogens (tertiary/aromatic N) is 6. The Bertz CT molecular complexity index is 3990. The van der Waals surface area contributed by atoms with E-state index in [1.54, 1.807) is 0 Å². The largest absolute Gasteiger partial charge is 0.455 e. The maximum atomic E-state index is 11.5. The molecule has 4 heterocycles. The standard InChI is InChI=1S/C58H34N6O/c59-35-39-33-46(58-61-56(37-21-7-2-8-22-37)60-57(62-58)38-23-9-3-10-24-38)55-51(43-29-15-18-32-49(43)65-55)52(39)64-47-30-16-13-27-41(47)45-34-44(36-19-5-1-6-20-36)53-50(54(45)64)42-28-14-17-31-48(42)63(53)40-25-11-4-12-26-40/h1-34H. The topological polar surface area (TPSA) is 85.5 Å². The molecule has 302 valence electrons. The zero-order valence-electron chi connectivity index (χ0n) is 34.7. The van der Waals surface area contributed by atoms with Gasteiger partial charge < -0.3 is 13.6 Å². The molecule has 4 aromatic heterocycles. The van der Waals surface area contributed by atoms with Crippen molar-refractivity contribution in [3.63, 3.8) is 0 Å². The molecule has 0 amide bonds. The van der Waals surface area contributed by atoms with Crippen molar-refractivity contribution in [2.24, 2.45) is 0 Å². The Morgan fingerprint density at radius 3 is 1.58 bits per heavy atom.